The van der Waals surface area contributed by atoms with E-state index in [9.17, 15) is 45.6 Å². The predicted octanol–water partition coefficient (Wildman–Crippen LogP) is 13.7. The number of ether oxygens (including phenoxy) is 4. The Balaban J connectivity index is 1.52. The molecule has 0 aromatic carbocycles. The van der Waals surface area contributed by atoms with Crippen molar-refractivity contribution in [3.8, 4) is 0 Å². The molecule has 0 aliphatic carbocycles. The minimum Gasteiger partial charge on any atom is -0.394 e. The number of carbonyl (C=O) groups excluding carboxylic acids is 1. The van der Waals surface area contributed by atoms with Gasteiger partial charge in [0.1, 0.15) is 48.8 Å². The zero-order valence-corrected chi connectivity index (χ0v) is 53.0. The van der Waals surface area contributed by atoms with E-state index in [2.05, 4.69) is 55.6 Å². The quantitative estimate of drug-likeness (QED) is 0.0204. The maximum atomic E-state index is 13.3. The van der Waals surface area contributed by atoms with Crippen LogP contribution in [0.15, 0.2) is 36.5 Å². The molecule has 12 unspecified atom stereocenters. The third-order valence-corrected chi connectivity index (χ3v) is 17.1. The molecule has 0 spiro atoms. The van der Waals surface area contributed by atoms with E-state index in [-0.39, 0.29) is 12.5 Å². The van der Waals surface area contributed by atoms with Crippen molar-refractivity contribution in [2.24, 2.45) is 0 Å². The van der Waals surface area contributed by atoms with Gasteiger partial charge in [0, 0.05) is 6.42 Å². The van der Waals surface area contributed by atoms with Crippen LogP contribution in [0.5, 0.6) is 0 Å². The van der Waals surface area contributed by atoms with E-state index in [4.69, 9.17) is 18.9 Å². The smallest absolute Gasteiger partial charge is 0.220 e. The number of hydrogen-bond donors (Lipinski definition) is 9. The van der Waals surface area contributed by atoms with Crippen LogP contribution in [0.4, 0.5) is 0 Å². The molecule has 0 saturated carbocycles. The molecule has 0 aromatic heterocycles. The van der Waals surface area contributed by atoms with Crippen LogP contribution in [-0.2, 0) is 23.7 Å². The van der Waals surface area contributed by atoms with Crippen LogP contribution in [-0.4, -0.2) is 140 Å². The van der Waals surface area contributed by atoms with Gasteiger partial charge in [0.2, 0.25) is 5.91 Å². The van der Waals surface area contributed by atoms with Crippen molar-refractivity contribution in [2.45, 2.75) is 376 Å². The largest absolute Gasteiger partial charge is 0.394 e. The third-order valence-electron chi connectivity index (χ3n) is 17.1. The molecule has 2 aliphatic heterocycles. The molecule has 2 aliphatic rings. The second kappa shape index (κ2) is 54.4. The molecule has 12 atom stereocenters. The fraction of sp³-hybridized carbons (Fsp3) is 0.899. The minimum atomic E-state index is -1.78. The number of aliphatic hydroxyl groups excluding tert-OH is 8. The molecule has 2 saturated heterocycles. The molecule has 488 valence electrons. The van der Waals surface area contributed by atoms with E-state index in [0.29, 0.717) is 12.8 Å². The van der Waals surface area contributed by atoms with E-state index >= 15 is 0 Å². The molecule has 1 amide bonds. The van der Waals surface area contributed by atoms with Gasteiger partial charge in [-0.05, 0) is 51.4 Å². The SMILES string of the molecule is CCCCCCC/C=C\C/C=C\C/C=C\CCCCCCCCCCCCCCCCCCCCCCCCCCC(=O)NC(COC1OC(CO)C(OC2OC(CO)C(O)C(O)C2O)C(O)C1O)C(O)CCCCCCCCCCCC. The molecule has 14 nitrogen and oxygen atoms in total. The van der Waals surface area contributed by atoms with E-state index in [1.54, 1.807) is 0 Å². The summed E-state index contributed by atoms with van der Waals surface area (Å²) in [4.78, 5) is 13.3. The first-order valence-corrected chi connectivity index (χ1v) is 34.7. The van der Waals surface area contributed by atoms with Crippen LogP contribution in [0.25, 0.3) is 0 Å². The number of hydrogen-bond acceptors (Lipinski definition) is 13. The number of aliphatic hydroxyl groups is 8. The van der Waals surface area contributed by atoms with Crippen molar-refractivity contribution >= 4 is 5.91 Å². The van der Waals surface area contributed by atoms with Crippen LogP contribution in [0.1, 0.15) is 303 Å². The van der Waals surface area contributed by atoms with Gasteiger partial charge in [0.05, 0.1) is 32.0 Å². The zero-order valence-electron chi connectivity index (χ0n) is 53.0. The van der Waals surface area contributed by atoms with Gasteiger partial charge >= 0.3 is 0 Å². The Labute approximate surface area is 506 Å². The van der Waals surface area contributed by atoms with Crippen LogP contribution in [0, 0.1) is 0 Å². The van der Waals surface area contributed by atoms with Gasteiger partial charge in [-0.25, -0.2) is 0 Å². The lowest BCUT2D eigenvalue weighted by Crippen LogP contribution is -2.65. The standard InChI is InChI=1S/C69H129NO13/c1-3-5-7-9-11-13-15-16-17-18-19-20-21-22-23-24-25-26-27-28-29-30-31-32-33-34-35-36-37-38-39-40-41-42-43-45-47-49-51-53-61(74)70-57(58(73)52-50-48-46-44-14-12-10-8-6-4-2)56-80-68-66(79)64(77)67(60(55-72)82-68)83-69-65(78)63(76)62(75)59(54-71)81-69/h15-16,18-19,21-22,57-60,62-69,71-73,75-79H,3-14,17,20,23-56H2,1-2H3,(H,70,74)/b16-15-,19-18-,22-21-. The predicted molar refractivity (Wildman–Crippen MR) is 337 cm³/mol. The first-order chi connectivity index (χ1) is 40.6. The molecular formula is C69H129NO13. The van der Waals surface area contributed by atoms with Gasteiger partial charge in [-0.1, -0.05) is 281 Å². The minimum absolute atomic E-state index is 0.203. The number of amides is 1. The van der Waals surface area contributed by atoms with Gasteiger partial charge in [0.25, 0.3) is 0 Å². The number of nitrogens with one attached hydrogen (secondary N) is 1. The molecular weight excluding hydrogens is 1050 g/mol. The average Bonchev–Trinajstić information content (AvgIpc) is 3.47. The highest BCUT2D eigenvalue weighted by Crippen LogP contribution is 2.30. The second-order valence-corrected chi connectivity index (χ2v) is 24.7. The monoisotopic (exact) mass is 1180 g/mol. The average molecular weight is 1180 g/mol. The highest BCUT2D eigenvalue weighted by molar-refractivity contribution is 5.76. The normalized spacial score (nSPS) is 24.0. The number of allylic oxidation sites excluding steroid dienone is 6. The summed E-state index contributed by atoms with van der Waals surface area (Å²) in [5.41, 5.74) is 0. The summed E-state index contributed by atoms with van der Waals surface area (Å²) in [5, 5.41) is 87.2. The molecule has 9 N–H and O–H groups in total. The molecule has 0 radical (unpaired) electrons. The lowest BCUT2D eigenvalue weighted by molar-refractivity contribution is -0.359. The van der Waals surface area contributed by atoms with E-state index in [0.717, 1.165) is 64.2 Å². The maximum Gasteiger partial charge on any atom is 0.220 e. The summed E-state index contributed by atoms with van der Waals surface area (Å²) in [5.74, 6) is -0.203. The Bertz CT molecular complexity index is 1530. The Hall–Kier alpha value is -1.79. The summed E-state index contributed by atoms with van der Waals surface area (Å²) < 4.78 is 22.8. The van der Waals surface area contributed by atoms with E-state index in [1.165, 1.54) is 212 Å². The van der Waals surface area contributed by atoms with Crippen molar-refractivity contribution in [1.82, 2.24) is 5.32 Å². The molecule has 83 heavy (non-hydrogen) atoms. The number of carbonyl (C=O) groups is 1. The van der Waals surface area contributed by atoms with Crippen LogP contribution in [0.3, 0.4) is 0 Å². The van der Waals surface area contributed by atoms with Crippen LogP contribution in [0.2, 0.25) is 0 Å². The fourth-order valence-corrected chi connectivity index (χ4v) is 11.5. The van der Waals surface area contributed by atoms with Gasteiger partial charge < -0.3 is 65.1 Å². The van der Waals surface area contributed by atoms with Gasteiger partial charge in [0.15, 0.2) is 12.6 Å². The summed E-state index contributed by atoms with van der Waals surface area (Å²) in [7, 11) is 0. The topological polar surface area (TPSA) is 228 Å². The Kier molecular flexibility index (Phi) is 50.6. The number of rotatable bonds is 57. The van der Waals surface area contributed by atoms with E-state index in [1.807, 2.05) is 0 Å². The van der Waals surface area contributed by atoms with Crippen molar-refractivity contribution < 1.29 is 64.6 Å². The lowest BCUT2D eigenvalue weighted by atomic mass is 9.97. The number of unbranched alkanes of at least 4 members (excludes halogenated alkanes) is 38. The second-order valence-electron chi connectivity index (χ2n) is 24.7. The summed E-state index contributed by atoms with van der Waals surface area (Å²) in [6, 6.07) is -0.825. The molecule has 14 heteroatoms. The Morgan fingerprint density at radius 2 is 0.795 bits per heavy atom. The summed E-state index contributed by atoms with van der Waals surface area (Å²) in [6.07, 6.45) is 52.1. The van der Waals surface area contributed by atoms with Crippen LogP contribution < -0.4 is 5.32 Å². The maximum absolute atomic E-state index is 13.3. The zero-order chi connectivity index (χ0) is 60.2. The fourth-order valence-electron chi connectivity index (χ4n) is 11.5. The van der Waals surface area contributed by atoms with Gasteiger partial charge in [-0.2, -0.15) is 0 Å². The molecule has 0 aromatic rings. The van der Waals surface area contributed by atoms with Crippen molar-refractivity contribution in [3.05, 3.63) is 36.5 Å². The van der Waals surface area contributed by atoms with Gasteiger partial charge in [-0.3, -0.25) is 4.79 Å². The Morgan fingerprint density at radius 1 is 0.434 bits per heavy atom. The van der Waals surface area contributed by atoms with E-state index < -0.39 is 86.8 Å². The first kappa shape index (κ1) is 77.3. The summed E-state index contributed by atoms with van der Waals surface area (Å²) in [6.45, 7) is 2.85. The molecule has 0 bridgehead atoms. The molecule has 2 fully saturated rings. The lowest BCUT2D eigenvalue weighted by Gasteiger charge is -2.46. The highest BCUT2D eigenvalue weighted by Gasteiger charge is 2.51. The van der Waals surface area contributed by atoms with Gasteiger partial charge in [-0.15, -0.1) is 0 Å². The Morgan fingerprint density at radius 3 is 1.22 bits per heavy atom. The summed E-state index contributed by atoms with van der Waals surface area (Å²) >= 11 is 0. The molecule has 2 rings (SSSR count). The van der Waals surface area contributed by atoms with Crippen molar-refractivity contribution in [2.75, 3.05) is 19.8 Å². The van der Waals surface area contributed by atoms with Crippen LogP contribution >= 0.6 is 0 Å². The van der Waals surface area contributed by atoms with Crippen molar-refractivity contribution in [1.29, 1.82) is 0 Å². The van der Waals surface area contributed by atoms with Crippen molar-refractivity contribution in [3.63, 3.8) is 0 Å². The molecule has 2 heterocycles. The first-order valence-electron chi connectivity index (χ1n) is 34.7. The highest BCUT2D eigenvalue weighted by atomic mass is 16.7. The third kappa shape index (κ3) is 39.0.